The van der Waals surface area contributed by atoms with Crippen molar-refractivity contribution in [2.45, 2.75) is 0 Å². The van der Waals surface area contributed by atoms with Crippen molar-refractivity contribution in [2.24, 2.45) is 0 Å². The van der Waals surface area contributed by atoms with Crippen LogP contribution in [-0.4, -0.2) is 22.2 Å². The number of rotatable bonds is 8. The summed E-state index contributed by atoms with van der Waals surface area (Å²) in [5, 5.41) is 22.4. The van der Waals surface area contributed by atoms with Gasteiger partial charge in [0, 0.05) is 56.1 Å². The molecule has 6 aromatic carbocycles. The molecule has 0 heterocycles. The molecule has 0 aromatic heterocycles. The van der Waals surface area contributed by atoms with Crippen molar-refractivity contribution < 1.29 is 81.6 Å². The van der Waals surface area contributed by atoms with Crippen molar-refractivity contribution in [3.05, 3.63) is 256 Å². The Hall–Kier alpha value is -2.88. The van der Waals surface area contributed by atoms with Crippen LogP contribution < -0.4 is 21.2 Å². The summed E-state index contributed by atoms with van der Waals surface area (Å²) < 4.78 is 0. The molecule has 2 aliphatic carbocycles. The van der Waals surface area contributed by atoms with E-state index in [0.717, 1.165) is 0 Å². The number of aromatic carboxylic acids is 2. The summed E-state index contributed by atoms with van der Waals surface area (Å²) in [6.07, 6.45) is 17.4. The number of hydrogen-bond acceptors (Lipinski definition) is 2. The first-order valence-corrected chi connectivity index (χ1v) is 20.0. The van der Waals surface area contributed by atoms with Crippen LogP contribution in [0.1, 0.15) is 20.7 Å². The second-order valence-electron chi connectivity index (χ2n) is 11.6. The van der Waals surface area contributed by atoms with Crippen LogP contribution in [0.3, 0.4) is 0 Å². The van der Waals surface area contributed by atoms with Gasteiger partial charge in [0.25, 0.3) is 0 Å². The van der Waals surface area contributed by atoms with E-state index in [2.05, 4.69) is 173 Å². The van der Waals surface area contributed by atoms with Crippen molar-refractivity contribution in [2.75, 3.05) is 0 Å². The molecule has 0 aliphatic heterocycles. The summed E-state index contributed by atoms with van der Waals surface area (Å²) in [5.74, 6) is -1.76. The molecule has 2 aliphatic rings. The molecule has 0 unspecified atom stereocenters. The van der Waals surface area contributed by atoms with Crippen LogP contribution in [0.4, 0.5) is 0 Å². The molecule has 57 heavy (non-hydrogen) atoms. The average Bonchev–Trinajstić information content (AvgIpc) is 3.98. The molecule has 8 rings (SSSR count). The Morgan fingerprint density at radius 3 is 0.702 bits per heavy atom. The Balaban J connectivity index is 0.000000271. The van der Waals surface area contributed by atoms with E-state index < -0.39 is 27.8 Å². The summed E-state index contributed by atoms with van der Waals surface area (Å²) in [6.45, 7) is 0. The van der Waals surface area contributed by atoms with Crippen molar-refractivity contribution in [3.8, 4) is 0 Å². The van der Waals surface area contributed by atoms with Crippen molar-refractivity contribution in [1.82, 2.24) is 0 Å². The van der Waals surface area contributed by atoms with E-state index in [0.29, 0.717) is 11.1 Å². The molecule has 6 aromatic rings. The van der Waals surface area contributed by atoms with Gasteiger partial charge >= 0.3 is 29.0 Å². The quantitative estimate of drug-likeness (QED) is 0.118. The van der Waals surface area contributed by atoms with Crippen molar-refractivity contribution >= 4 is 49.0 Å². The van der Waals surface area contributed by atoms with E-state index in [-0.39, 0.29) is 61.8 Å². The first-order valence-electron chi connectivity index (χ1n) is 17.3. The number of carboxylic acids is 2. The fourth-order valence-corrected chi connectivity index (χ4v) is 10.0. The zero-order chi connectivity index (χ0) is 37.8. The third-order valence-electron chi connectivity index (χ3n) is 7.91. The summed E-state index contributed by atoms with van der Waals surface area (Å²) in [7, 11) is -0.818. The Morgan fingerprint density at radius 2 is 0.526 bits per heavy atom. The predicted molar refractivity (Wildman–Crippen MR) is 226 cm³/mol. The van der Waals surface area contributed by atoms with E-state index >= 15 is 0 Å². The number of benzene rings is 6. The van der Waals surface area contributed by atoms with Gasteiger partial charge in [0.05, 0.1) is 11.1 Å². The zero-order valence-electron chi connectivity index (χ0n) is 30.5. The van der Waals surface area contributed by atoms with E-state index in [1.165, 1.54) is 32.5 Å². The van der Waals surface area contributed by atoms with Gasteiger partial charge in [-0.05, 0) is 113 Å². The molecular weight excluding hydrogens is 1150 g/mol. The largest absolute Gasteiger partial charge is 2.00 e. The van der Waals surface area contributed by atoms with Crippen LogP contribution in [0.25, 0.3) is 0 Å². The normalized spacial score (nSPS) is 13.1. The number of carbonyl (C=O) groups is 2. The first kappa shape index (κ1) is 50.3. The SMILES string of the molecule is O=C(O)c1ccccc1.O=C(O)c1ccccc1.[Au].[Au].[CH]1[CH][CH][C](P(c2ccccc2)c2ccccc2)[CH]1.[CH]1[CH][CH][C](P(c2ccccc2)c2ccccc2)[CH]1.[Fe+2]. The standard InChI is InChI=1S/2C17H14P.2C7H6O2.2Au.Fe/c2*1-3-9-15(10-4-1)18(17-13-7-8-14-17)16-11-5-2-6-12-16;2*8-7(9)6-4-2-1-3-5-6;;;/h2*1-14H;2*1-5H,(H,8,9);;;/q;;;;;;+2. The van der Waals surface area contributed by atoms with Gasteiger partial charge < -0.3 is 10.2 Å². The third-order valence-corrected chi connectivity index (χ3v) is 12.8. The second kappa shape index (κ2) is 28.5. The average molecular weight is 1190 g/mol. The van der Waals surface area contributed by atoms with E-state index in [1.807, 2.05) is 0 Å². The molecule has 0 amide bonds. The molecule has 4 nitrogen and oxygen atoms in total. The number of hydrogen-bond donors (Lipinski definition) is 2. The smallest absolute Gasteiger partial charge is 0.478 e. The fraction of sp³-hybridized carbons (Fsp3) is 0. The molecule has 0 saturated heterocycles. The maximum Gasteiger partial charge on any atom is 2.00 e. The van der Waals surface area contributed by atoms with Gasteiger partial charge in [-0.1, -0.05) is 158 Å². The van der Waals surface area contributed by atoms with Gasteiger partial charge in [-0.25, -0.2) is 9.59 Å². The van der Waals surface area contributed by atoms with Gasteiger partial charge in [0.1, 0.15) is 0 Å². The Labute approximate surface area is 383 Å². The minimum Gasteiger partial charge on any atom is -0.478 e. The van der Waals surface area contributed by atoms with Gasteiger partial charge in [-0.15, -0.1) is 0 Å². The molecule has 9 heteroatoms. The van der Waals surface area contributed by atoms with Crippen LogP contribution in [0, 0.1) is 62.7 Å². The topological polar surface area (TPSA) is 74.6 Å². The van der Waals surface area contributed by atoms with Crippen LogP contribution in [0.15, 0.2) is 182 Å². The van der Waals surface area contributed by atoms with Crippen molar-refractivity contribution in [1.29, 1.82) is 0 Å². The summed E-state index contributed by atoms with van der Waals surface area (Å²) in [6, 6.07) is 59.7. The first-order chi connectivity index (χ1) is 26.5. The van der Waals surface area contributed by atoms with Gasteiger partial charge in [-0.2, -0.15) is 0 Å². The summed E-state index contributed by atoms with van der Waals surface area (Å²) >= 11 is 0. The van der Waals surface area contributed by atoms with E-state index in [9.17, 15) is 9.59 Å². The maximum absolute atomic E-state index is 10.2. The van der Waals surface area contributed by atoms with Crippen LogP contribution in [0.5, 0.6) is 0 Å². The molecule has 12 radical (unpaired) electrons. The fourth-order valence-electron chi connectivity index (χ4n) is 5.39. The summed E-state index contributed by atoms with van der Waals surface area (Å²) in [4.78, 5) is 20.4. The molecule has 2 N–H and O–H groups in total. The van der Waals surface area contributed by atoms with E-state index in [4.69, 9.17) is 10.2 Å². The molecule has 2 saturated carbocycles. The van der Waals surface area contributed by atoms with Gasteiger partial charge in [0.2, 0.25) is 0 Å². The minimum absolute atomic E-state index is 0. The Morgan fingerprint density at radius 1 is 0.333 bits per heavy atom. The van der Waals surface area contributed by atoms with E-state index in [1.54, 1.807) is 60.7 Å². The van der Waals surface area contributed by atoms with Crippen LogP contribution in [0.2, 0.25) is 0 Å². The van der Waals surface area contributed by atoms with Gasteiger partial charge in [0.15, 0.2) is 0 Å². The van der Waals surface area contributed by atoms with Crippen LogP contribution in [-0.2, 0) is 61.8 Å². The minimum atomic E-state index is -0.879. The molecule has 0 spiro atoms. The second-order valence-corrected chi connectivity index (χ2v) is 16.1. The summed E-state index contributed by atoms with van der Waals surface area (Å²) in [5.41, 5.74) is 3.50. The number of carboxylic acid groups (broad SMARTS) is 2. The molecule has 0 bridgehead atoms. The maximum atomic E-state index is 10.2. The Bertz CT molecular complexity index is 1710. The third kappa shape index (κ3) is 16.7. The monoisotopic (exact) mass is 1190 g/mol. The molecule has 0 atom stereocenters. The Kier molecular flexibility index (Phi) is 25.2. The molecular formula is C48H40Au2FeO4P2+2. The molecule has 2 fully saturated rings. The predicted octanol–water partition coefficient (Wildman–Crippen LogP) is 9.73. The van der Waals surface area contributed by atoms with Gasteiger partial charge in [-0.3, -0.25) is 0 Å². The van der Waals surface area contributed by atoms with Crippen LogP contribution >= 0.6 is 15.8 Å². The van der Waals surface area contributed by atoms with Crippen molar-refractivity contribution in [3.63, 3.8) is 0 Å². The molecule has 294 valence electrons. The zero-order valence-corrected chi connectivity index (χ0v) is 37.7.